The predicted octanol–water partition coefficient (Wildman–Crippen LogP) is 4.13. The van der Waals surface area contributed by atoms with Crippen LogP contribution < -0.4 is 10.6 Å². The monoisotopic (exact) mass is 361 g/mol. The molecule has 2 N–H and O–H groups in total. The van der Waals surface area contributed by atoms with Crippen LogP contribution in [0.25, 0.3) is 0 Å². The standard InChI is InChI=1S/C23H27N3O/c27-23(26-13-4-5-14-26)17-10-11-20-19(15-17)22-18(9-6-12-24-22)21(25-20)16-7-2-1-3-8-16/h1-3,7-8,10-11,15,18,21-22,24-25H,4-6,9,12-14H2. The molecular weight excluding hydrogens is 334 g/mol. The summed E-state index contributed by atoms with van der Waals surface area (Å²) in [4.78, 5) is 14.9. The minimum Gasteiger partial charge on any atom is -0.378 e. The summed E-state index contributed by atoms with van der Waals surface area (Å²) in [7, 11) is 0. The molecule has 3 aliphatic heterocycles. The normalized spacial score (nSPS) is 26.8. The van der Waals surface area contributed by atoms with Crippen LogP contribution in [0.4, 0.5) is 5.69 Å². The van der Waals surface area contributed by atoms with Crippen molar-refractivity contribution in [2.75, 3.05) is 25.0 Å². The van der Waals surface area contributed by atoms with Crippen molar-refractivity contribution in [1.82, 2.24) is 10.2 Å². The van der Waals surface area contributed by atoms with Gasteiger partial charge in [-0.25, -0.2) is 0 Å². The predicted molar refractivity (Wildman–Crippen MR) is 108 cm³/mol. The Labute approximate surface area is 161 Å². The van der Waals surface area contributed by atoms with E-state index < -0.39 is 0 Å². The molecule has 27 heavy (non-hydrogen) atoms. The molecular formula is C23H27N3O. The molecule has 2 fully saturated rings. The molecule has 0 radical (unpaired) electrons. The Morgan fingerprint density at radius 1 is 0.963 bits per heavy atom. The highest BCUT2D eigenvalue weighted by molar-refractivity contribution is 5.95. The fourth-order valence-corrected chi connectivity index (χ4v) is 5.07. The van der Waals surface area contributed by atoms with E-state index in [4.69, 9.17) is 0 Å². The highest BCUT2D eigenvalue weighted by Crippen LogP contribution is 2.47. The van der Waals surface area contributed by atoms with E-state index in [9.17, 15) is 4.79 Å². The number of fused-ring (bicyclic) bond motifs is 3. The van der Waals surface area contributed by atoms with E-state index in [1.807, 2.05) is 11.0 Å². The topological polar surface area (TPSA) is 44.4 Å². The first kappa shape index (κ1) is 16.8. The molecule has 5 rings (SSSR count). The Morgan fingerprint density at radius 2 is 1.78 bits per heavy atom. The van der Waals surface area contributed by atoms with E-state index >= 15 is 0 Å². The lowest BCUT2D eigenvalue weighted by Crippen LogP contribution is -2.42. The smallest absolute Gasteiger partial charge is 0.253 e. The van der Waals surface area contributed by atoms with E-state index in [-0.39, 0.29) is 5.91 Å². The van der Waals surface area contributed by atoms with Crippen molar-refractivity contribution < 1.29 is 4.79 Å². The third-order valence-electron chi connectivity index (χ3n) is 6.43. The van der Waals surface area contributed by atoms with Crippen molar-refractivity contribution in [3.05, 3.63) is 65.2 Å². The summed E-state index contributed by atoms with van der Waals surface area (Å²) in [5, 5.41) is 7.53. The Kier molecular flexibility index (Phi) is 4.36. The lowest BCUT2D eigenvalue weighted by atomic mass is 9.75. The van der Waals surface area contributed by atoms with Crippen molar-refractivity contribution in [3.8, 4) is 0 Å². The van der Waals surface area contributed by atoms with Gasteiger partial charge in [-0.15, -0.1) is 0 Å². The Hall–Kier alpha value is -2.33. The maximum atomic E-state index is 12.9. The number of hydrogen-bond acceptors (Lipinski definition) is 3. The van der Waals surface area contributed by atoms with Gasteiger partial charge in [0.15, 0.2) is 0 Å². The molecule has 3 unspecified atom stereocenters. The lowest BCUT2D eigenvalue weighted by Gasteiger charge is -2.44. The summed E-state index contributed by atoms with van der Waals surface area (Å²) in [6, 6.07) is 17.6. The number of hydrogen-bond donors (Lipinski definition) is 2. The summed E-state index contributed by atoms with van der Waals surface area (Å²) in [5.74, 6) is 0.693. The average molecular weight is 361 g/mol. The first-order valence-electron chi connectivity index (χ1n) is 10.3. The SMILES string of the molecule is O=C(c1ccc2c(c1)C1NCCCC1C(c1ccccc1)N2)N1CCCC1. The fraction of sp³-hybridized carbons (Fsp3) is 0.435. The number of likely N-dealkylation sites (tertiary alicyclic amines) is 1. The van der Waals surface area contributed by atoms with Crippen molar-refractivity contribution in [1.29, 1.82) is 0 Å². The van der Waals surface area contributed by atoms with Crippen molar-refractivity contribution in [2.24, 2.45) is 5.92 Å². The molecule has 4 heteroatoms. The molecule has 0 aromatic heterocycles. The van der Waals surface area contributed by atoms with Crippen LogP contribution in [0.2, 0.25) is 0 Å². The molecule has 0 aliphatic carbocycles. The third kappa shape index (κ3) is 3.02. The number of anilines is 1. The van der Waals surface area contributed by atoms with Crippen molar-refractivity contribution in [3.63, 3.8) is 0 Å². The molecule has 2 saturated heterocycles. The number of nitrogens with one attached hydrogen (secondary N) is 2. The Balaban J connectivity index is 1.50. The van der Waals surface area contributed by atoms with Gasteiger partial charge in [0, 0.05) is 36.3 Å². The molecule has 140 valence electrons. The van der Waals surface area contributed by atoms with Gasteiger partial charge in [0.2, 0.25) is 0 Å². The van der Waals surface area contributed by atoms with Crippen LogP contribution in [0, 0.1) is 5.92 Å². The van der Waals surface area contributed by atoms with Gasteiger partial charge in [0.25, 0.3) is 5.91 Å². The van der Waals surface area contributed by atoms with Crippen molar-refractivity contribution >= 4 is 11.6 Å². The maximum Gasteiger partial charge on any atom is 0.253 e. The highest BCUT2D eigenvalue weighted by atomic mass is 16.2. The molecule has 3 aliphatic rings. The second-order valence-electron chi connectivity index (χ2n) is 8.07. The average Bonchev–Trinajstić information content (AvgIpc) is 3.28. The molecule has 2 aromatic rings. The van der Waals surface area contributed by atoms with E-state index in [1.54, 1.807) is 0 Å². The molecule has 3 atom stereocenters. The van der Waals surface area contributed by atoms with Crippen LogP contribution in [0.1, 0.15) is 59.3 Å². The summed E-state index contributed by atoms with van der Waals surface area (Å²) < 4.78 is 0. The number of carbonyl (C=O) groups is 1. The highest BCUT2D eigenvalue weighted by Gasteiger charge is 2.39. The summed E-state index contributed by atoms with van der Waals surface area (Å²) >= 11 is 0. The quantitative estimate of drug-likeness (QED) is 0.845. The summed E-state index contributed by atoms with van der Waals surface area (Å²) in [6.45, 7) is 2.84. The number of amides is 1. The van der Waals surface area contributed by atoms with Crippen LogP contribution >= 0.6 is 0 Å². The Bertz CT molecular complexity index is 829. The lowest BCUT2D eigenvalue weighted by molar-refractivity contribution is 0.0792. The van der Waals surface area contributed by atoms with Crippen LogP contribution in [-0.4, -0.2) is 30.4 Å². The molecule has 0 saturated carbocycles. The largest absolute Gasteiger partial charge is 0.378 e. The zero-order chi connectivity index (χ0) is 18.2. The van der Waals surface area contributed by atoms with Gasteiger partial charge in [0.1, 0.15) is 0 Å². The number of rotatable bonds is 2. The second kappa shape index (κ2) is 7.01. The first-order chi connectivity index (χ1) is 13.3. The molecule has 0 bridgehead atoms. The summed E-state index contributed by atoms with van der Waals surface area (Å²) in [6.07, 6.45) is 4.66. The van der Waals surface area contributed by atoms with E-state index in [0.29, 0.717) is 18.0 Å². The van der Waals surface area contributed by atoms with Crippen LogP contribution in [0.3, 0.4) is 0 Å². The number of benzene rings is 2. The molecule has 0 spiro atoms. The minimum absolute atomic E-state index is 0.188. The van der Waals surface area contributed by atoms with Gasteiger partial charge >= 0.3 is 0 Å². The maximum absolute atomic E-state index is 12.9. The third-order valence-corrected chi connectivity index (χ3v) is 6.43. The minimum atomic E-state index is 0.188. The zero-order valence-corrected chi connectivity index (χ0v) is 15.7. The van der Waals surface area contributed by atoms with Gasteiger partial charge in [-0.2, -0.15) is 0 Å². The molecule has 2 aromatic carbocycles. The van der Waals surface area contributed by atoms with E-state index in [1.165, 1.54) is 24.0 Å². The van der Waals surface area contributed by atoms with Crippen LogP contribution in [0.15, 0.2) is 48.5 Å². The van der Waals surface area contributed by atoms with Crippen molar-refractivity contribution in [2.45, 2.75) is 37.8 Å². The Morgan fingerprint density at radius 3 is 2.59 bits per heavy atom. The van der Waals surface area contributed by atoms with E-state index in [0.717, 1.165) is 43.7 Å². The van der Waals surface area contributed by atoms with E-state index in [2.05, 4.69) is 53.1 Å². The zero-order valence-electron chi connectivity index (χ0n) is 15.7. The van der Waals surface area contributed by atoms with Gasteiger partial charge < -0.3 is 15.5 Å². The van der Waals surface area contributed by atoms with Gasteiger partial charge in [-0.05, 0) is 61.6 Å². The van der Waals surface area contributed by atoms with Gasteiger partial charge in [0.05, 0.1) is 6.04 Å². The first-order valence-corrected chi connectivity index (χ1v) is 10.3. The van der Waals surface area contributed by atoms with Crippen LogP contribution in [0.5, 0.6) is 0 Å². The molecule has 1 amide bonds. The summed E-state index contributed by atoms with van der Waals surface area (Å²) in [5.41, 5.74) is 4.61. The van der Waals surface area contributed by atoms with Gasteiger partial charge in [-0.3, -0.25) is 4.79 Å². The van der Waals surface area contributed by atoms with Gasteiger partial charge in [-0.1, -0.05) is 30.3 Å². The number of carbonyl (C=O) groups excluding carboxylic acids is 1. The van der Waals surface area contributed by atoms with Crippen LogP contribution in [-0.2, 0) is 0 Å². The second-order valence-corrected chi connectivity index (χ2v) is 8.07. The molecule has 4 nitrogen and oxygen atoms in total. The fourth-order valence-electron chi connectivity index (χ4n) is 5.07. The molecule has 3 heterocycles. The number of nitrogens with zero attached hydrogens (tertiary/aromatic N) is 1. The number of piperidine rings is 1.